The van der Waals surface area contributed by atoms with E-state index in [4.69, 9.17) is 0 Å². The van der Waals surface area contributed by atoms with Gasteiger partial charge in [-0.15, -0.1) is 4.40 Å². The summed E-state index contributed by atoms with van der Waals surface area (Å²) >= 11 is 0. The highest BCUT2D eigenvalue weighted by Crippen LogP contribution is 2.55. The first kappa shape index (κ1) is 24.1. The standard InChI is InChI=1S/C23H30N4O6S2/c1-12(2)8-9-27-20-14-5-4-13(10-14)18(20)21(28)19(23(27)29)22-24-16-7-6-15(25-34(3,30)31)11-17(16)35(32,33)26-22/h6-7,11-14,18,20,25,28H,4-5,8-10H2,1-3H3,(H,24,26)/t13-,14+,18+,20?/m0/s1. The molecule has 0 spiro atoms. The van der Waals surface area contributed by atoms with E-state index in [9.17, 15) is 26.7 Å². The summed E-state index contributed by atoms with van der Waals surface area (Å²) < 4.78 is 55.4. The third-order valence-corrected chi connectivity index (χ3v) is 9.41. The zero-order valence-corrected chi connectivity index (χ0v) is 21.5. The molecular weight excluding hydrogens is 492 g/mol. The molecule has 2 saturated carbocycles. The molecule has 35 heavy (non-hydrogen) atoms. The first-order chi connectivity index (χ1) is 16.4. The number of amidine groups is 1. The number of hydrogen-bond donors (Lipinski definition) is 3. The van der Waals surface area contributed by atoms with Crippen molar-refractivity contribution < 1.29 is 26.7 Å². The Labute approximate surface area is 205 Å². The van der Waals surface area contributed by atoms with Crippen LogP contribution in [0.25, 0.3) is 0 Å². The molecule has 1 amide bonds. The van der Waals surface area contributed by atoms with Gasteiger partial charge < -0.3 is 15.3 Å². The van der Waals surface area contributed by atoms with E-state index in [-0.39, 0.29) is 51.3 Å². The minimum atomic E-state index is -4.27. The molecule has 5 rings (SSSR count). The zero-order chi connectivity index (χ0) is 25.3. The first-order valence-corrected chi connectivity index (χ1v) is 15.2. The Hall–Kier alpha value is -2.60. The van der Waals surface area contributed by atoms with Gasteiger partial charge in [-0.05, 0) is 61.6 Å². The number of carbonyl (C=O) groups is 1. The number of benzene rings is 1. The number of nitrogens with zero attached hydrogens (tertiary/aromatic N) is 2. The van der Waals surface area contributed by atoms with E-state index in [1.807, 2.05) is 4.90 Å². The second-order valence-corrected chi connectivity index (χ2v) is 13.7. The molecule has 1 unspecified atom stereocenters. The molecule has 2 aliphatic heterocycles. The van der Waals surface area contributed by atoms with Gasteiger partial charge in [0, 0.05) is 24.2 Å². The maximum atomic E-state index is 13.7. The van der Waals surface area contributed by atoms with Crippen LogP contribution in [-0.2, 0) is 24.8 Å². The van der Waals surface area contributed by atoms with Crippen LogP contribution in [0.2, 0.25) is 0 Å². The summed E-state index contributed by atoms with van der Waals surface area (Å²) in [7, 11) is -7.87. The van der Waals surface area contributed by atoms with Gasteiger partial charge in [0.15, 0.2) is 5.84 Å². The van der Waals surface area contributed by atoms with Crippen molar-refractivity contribution in [3.63, 3.8) is 0 Å². The van der Waals surface area contributed by atoms with Crippen LogP contribution in [0.15, 0.2) is 38.8 Å². The van der Waals surface area contributed by atoms with Crippen LogP contribution in [0.4, 0.5) is 11.4 Å². The Morgan fingerprint density at radius 2 is 1.97 bits per heavy atom. The topological polar surface area (TPSA) is 145 Å². The minimum absolute atomic E-state index is 0.0681. The number of hydrogen-bond acceptors (Lipinski definition) is 7. The molecule has 0 radical (unpaired) electrons. The summed E-state index contributed by atoms with van der Waals surface area (Å²) in [4.78, 5) is 15.3. The van der Waals surface area contributed by atoms with Crippen LogP contribution in [0.3, 0.4) is 0 Å². The van der Waals surface area contributed by atoms with E-state index in [2.05, 4.69) is 28.3 Å². The predicted molar refractivity (Wildman–Crippen MR) is 132 cm³/mol. The maximum Gasteiger partial charge on any atom is 0.286 e. The fourth-order valence-corrected chi connectivity index (χ4v) is 7.77. The molecule has 0 saturated heterocycles. The number of carbonyl (C=O) groups excluding carboxylic acids is 1. The van der Waals surface area contributed by atoms with Crippen LogP contribution >= 0.6 is 0 Å². The van der Waals surface area contributed by atoms with Crippen LogP contribution < -0.4 is 10.0 Å². The highest BCUT2D eigenvalue weighted by molar-refractivity contribution is 7.92. The van der Waals surface area contributed by atoms with Crippen LogP contribution in [0.5, 0.6) is 0 Å². The van der Waals surface area contributed by atoms with E-state index in [1.54, 1.807) is 0 Å². The molecular formula is C23H30N4O6S2. The Morgan fingerprint density at radius 1 is 1.26 bits per heavy atom. The van der Waals surface area contributed by atoms with Crippen molar-refractivity contribution in [3.8, 4) is 0 Å². The van der Waals surface area contributed by atoms with Crippen LogP contribution in [-0.4, -0.2) is 57.4 Å². The average molecular weight is 523 g/mol. The smallest absolute Gasteiger partial charge is 0.286 e. The van der Waals surface area contributed by atoms with E-state index < -0.39 is 26.0 Å². The Balaban J connectivity index is 1.55. The number of anilines is 2. The lowest BCUT2D eigenvalue weighted by Crippen LogP contribution is -2.54. The quantitative estimate of drug-likeness (QED) is 0.521. The molecule has 1 aromatic rings. The van der Waals surface area contributed by atoms with Gasteiger partial charge in [0.2, 0.25) is 10.0 Å². The van der Waals surface area contributed by atoms with Crippen molar-refractivity contribution in [2.24, 2.45) is 28.1 Å². The summed E-state index contributed by atoms with van der Waals surface area (Å²) in [6.45, 7) is 4.71. The lowest BCUT2D eigenvalue weighted by Gasteiger charge is -2.44. The van der Waals surface area contributed by atoms with Crippen LogP contribution in [0.1, 0.15) is 39.5 Å². The zero-order valence-electron chi connectivity index (χ0n) is 19.9. The fraction of sp³-hybridized carbons (Fsp3) is 0.565. The molecule has 190 valence electrons. The number of nitrogens with one attached hydrogen (secondary N) is 2. The van der Waals surface area contributed by atoms with Crippen molar-refractivity contribution >= 4 is 43.2 Å². The molecule has 2 bridgehead atoms. The van der Waals surface area contributed by atoms with Crippen molar-refractivity contribution in [3.05, 3.63) is 29.5 Å². The molecule has 10 nitrogen and oxygen atoms in total. The highest BCUT2D eigenvalue weighted by atomic mass is 32.2. The Morgan fingerprint density at radius 3 is 2.66 bits per heavy atom. The van der Waals surface area contributed by atoms with E-state index in [0.717, 1.165) is 31.9 Å². The molecule has 1 aromatic carbocycles. The third kappa shape index (κ3) is 4.20. The van der Waals surface area contributed by atoms with Crippen molar-refractivity contribution in [1.29, 1.82) is 0 Å². The summed E-state index contributed by atoms with van der Waals surface area (Å²) in [6.07, 6.45) is 4.73. The minimum Gasteiger partial charge on any atom is -0.511 e. The van der Waals surface area contributed by atoms with Gasteiger partial charge in [-0.2, -0.15) is 8.42 Å². The van der Waals surface area contributed by atoms with Crippen molar-refractivity contribution in [1.82, 2.24) is 4.90 Å². The number of rotatable bonds is 6. The molecule has 4 aliphatic rings. The average Bonchev–Trinajstić information content (AvgIpc) is 3.35. The molecule has 3 N–H and O–H groups in total. The number of fused-ring (bicyclic) bond motifs is 6. The summed E-state index contributed by atoms with van der Waals surface area (Å²) in [5.74, 6) is 0.0900. The van der Waals surface area contributed by atoms with Gasteiger partial charge in [-0.3, -0.25) is 9.52 Å². The fourth-order valence-electron chi connectivity index (χ4n) is 6.06. The normalized spacial score (nSPS) is 29.1. The number of sulfonamides is 2. The number of amides is 1. The van der Waals surface area contributed by atoms with Gasteiger partial charge in [0.25, 0.3) is 15.9 Å². The third-order valence-electron chi connectivity index (χ3n) is 7.49. The van der Waals surface area contributed by atoms with E-state index in [0.29, 0.717) is 18.4 Å². The highest BCUT2D eigenvalue weighted by Gasteiger charge is 2.57. The summed E-state index contributed by atoms with van der Waals surface area (Å²) in [5, 5.41) is 14.2. The largest absolute Gasteiger partial charge is 0.511 e. The van der Waals surface area contributed by atoms with Crippen molar-refractivity contribution in [2.75, 3.05) is 22.8 Å². The van der Waals surface area contributed by atoms with Gasteiger partial charge in [-0.1, -0.05) is 13.8 Å². The van der Waals surface area contributed by atoms with Gasteiger partial charge in [0.1, 0.15) is 16.2 Å². The van der Waals surface area contributed by atoms with Crippen molar-refractivity contribution in [2.45, 2.75) is 50.5 Å². The molecule has 2 fully saturated rings. The Kier molecular flexibility index (Phi) is 5.67. The van der Waals surface area contributed by atoms with Gasteiger partial charge >= 0.3 is 0 Å². The van der Waals surface area contributed by atoms with Crippen LogP contribution in [0, 0.1) is 23.7 Å². The Bertz CT molecular complexity index is 1370. The lowest BCUT2D eigenvalue weighted by atomic mass is 9.77. The molecule has 2 heterocycles. The summed E-state index contributed by atoms with van der Waals surface area (Å²) in [6, 6.07) is 3.94. The number of aliphatic hydroxyl groups is 1. The molecule has 12 heteroatoms. The second kappa shape index (κ2) is 8.22. The van der Waals surface area contributed by atoms with E-state index >= 15 is 0 Å². The monoisotopic (exact) mass is 522 g/mol. The predicted octanol–water partition coefficient (Wildman–Crippen LogP) is 2.69. The summed E-state index contributed by atoms with van der Waals surface area (Å²) in [5.41, 5.74) is 0.150. The second-order valence-electron chi connectivity index (χ2n) is 10.4. The van der Waals surface area contributed by atoms with E-state index in [1.165, 1.54) is 18.2 Å². The molecule has 0 aromatic heterocycles. The van der Waals surface area contributed by atoms with Gasteiger partial charge in [0.05, 0.1) is 11.9 Å². The molecule has 4 atom stereocenters. The molecule has 2 aliphatic carbocycles. The maximum absolute atomic E-state index is 13.7. The van der Waals surface area contributed by atoms with Gasteiger partial charge in [-0.25, -0.2) is 8.42 Å². The SMILES string of the molecule is CC(C)CCN1C(=O)C(C2=NS(=O)(=O)c3cc(NS(C)(=O)=O)ccc3N2)=C(O)[C@H]2C1[C@@H]1CC[C@H]2C1. The first-order valence-electron chi connectivity index (χ1n) is 11.8. The number of aliphatic hydroxyl groups excluding tert-OH is 1. The lowest BCUT2D eigenvalue weighted by molar-refractivity contribution is -0.133.